The van der Waals surface area contributed by atoms with E-state index < -0.39 is 15.9 Å². The molecule has 3 aromatic carbocycles. The minimum absolute atomic E-state index is 0.0563. The van der Waals surface area contributed by atoms with Crippen molar-refractivity contribution < 1.29 is 17.9 Å². The summed E-state index contributed by atoms with van der Waals surface area (Å²) in [6, 6.07) is 21.2. The molecule has 198 valence electrons. The Balaban J connectivity index is 1.63. The molecule has 2 N–H and O–H groups in total. The van der Waals surface area contributed by atoms with Crippen molar-refractivity contribution >= 4 is 54.9 Å². The summed E-state index contributed by atoms with van der Waals surface area (Å²) < 4.78 is 33.6. The molecule has 0 bridgehead atoms. The number of benzene rings is 3. The Morgan fingerprint density at radius 3 is 2.29 bits per heavy atom. The van der Waals surface area contributed by atoms with Crippen molar-refractivity contribution in [3.63, 3.8) is 0 Å². The molecule has 0 saturated heterocycles. The second-order valence-electron chi connectivity index (χ2n) is 8.06. The number of rotatable bonds is 12. The van der Waals surface area contributed by atoms with E-state index in [4.69, 9.17) is 17.0 Å². The van der Waals surface area contributed by atoms with E-state index in [0.29, 0.717) is 30.0 Å². The van der Waals surface area contributed by atoms with Gasteiger partial charge in [0.2, 0.25) is 10.0 Å². The smallest absolute Gasteiger partial charge is 0.261 e. The van der Waals surface area contributed by atoms with E-state index in [9.17, 15) is 13.2 Å². The molecule has 10 heteroatoms. The summed E-state index contributed by atoms with van der Waals surface area (Å²) in [5, 5.41) is 5.61. The number of sulfonamides is 1. The molecule has 0 heterocycles. The van der Waals surface area contributed by atoms with Crippen molar-refractivity contribution in [1.82, 2.24) is 9.62 Å². The molecule has 0 saturated carbocycles. The molecule has 0 radical (unpaired) electrons. The van der Waals surface area contributed by atoms with Crippen LogP contribution in [0.25, 0.3) is 0 Å². The molecule has 38 heavy (non-hydrogen) atoms. The Morgan fingerprint density at radius 2 is 1.66 bits per heavy atom. The minimum atomic E-state index is -3.72. The van der Waals surface area contributed by atoms with Gasteiger partial charge in [-0.1, -0.05) is 58.4 Å². The van der Waals surface area contributed by atoms with Crippen LogP contribution >= 0.6 is 28.1 Å². The number of ether oxygens (including phenoxy) is 1. The summed E-state index contributed by atoms with van der Waals surface area (Å²) in [6.45, 7) is 7.95. The second-order valence-corrected chi connectivity index (χ2v) is 11.3. The van der Waals surface area contributed by atoms with Crippen LogP contribution in [0, 0.1) is 0 Å². The van der Waals surface area contributed by atoms with E-state index >= 15 is 0 Å². The van der Waals surface area contributed by atoms with Crippen LogP contribution in [0.5, 0.6) is 5.75 Å². The lowest BCUT2D eigenvalue weighted by Crippen LogP contribution is -2.34. The molecule has 0 aliphatic rings. The van der Waals surface area contributed by atoms with Gasteiger partial charge in [-0.3, -0.25) is 10.1 Å². The van der Waals surface area contributed by atoms with E-state index in [1.54, 1.807) is 30.3 Å². The van der Waals surface area contributed by atoms with Crippen LogP contribution in [0.4, 0.5) is 5.69 Å². The number of thiocarbonyl (C=S) groups is 1. The summed E-state index contributed by atoms with van der Waals surface area (Å²) in [4.78, 5) is 13.1. The fourth-order valence-electron chi connectivity index (χ4n) is 3.48. The lowest BCUT2D eigenvalue weighted by molar-refractivity contribution is 0.0973. The number of hydrogen-bond acceptors (Lipinski definition) is 5. The van der Waals surface area contributed by atoms with Crippen LogP contribution in [-0.2, 0) is 16.4 Å². The molecule has 0 fully saturated rings. The zero-order valence-electron chi connectivity index (χ0n) is 20.6. The van der Waals surface area contributed by atoms with Gasteiger partial charge in [0.25, 0.3) is 5.91 Å². The predicted molar refractivity (Wildman–Crippen MR) is 159 cm³/mol. The Morgan fingerprint density at radius 1 is 1.00 bits per heavy atom. The lowest BCUT2D eigenvalue weighted by Gasteiger charge is -2.19. The topological polar surface area (TPSA) is 87.7 Å². The van der Waals surface area contributed by atoms with Gasteiger partial charge in [-0.25, -0.2) is 8.42 Å². The average Bonchev–Trinajstić information content (AvgIpc) is 2.90. The van der Waals surface area contributed by atoms with Crippen LogP contribution in [-0.4, -0.2) is 43.4 Å². The number of hydrogen-bond donors (Lipinski definition) is 2. The van der Waals surface area contributed by atoms with Gasteiger partial charge in [-0.05, 0) is 60.2 Å². The SMILES string of the molecule is C=CCN(CC=C)S(=O)(=O)c1ccc(NC(=S)NC(=O)c2cc(Br)ccc2OCCc2ccccc2)cc1. The zero-order chi connectivity index (χ0) is 27.5. The van der Waals surface area contributed by atoms with E-state index in [1.165, 1.54) is 28.6 Å². The number of nitrogens with one attached hydrogen (secondary N) is 2. The van der Waals surface area contributed by atoms with Crippen LogP contribution in [0.3, 0.4) is 0 Å². The van der Waals surface area contributed by atoms with E-state index in [1.807, 2.05) is 30.3 Å². The number of halogens is 1. The van der Waals surface area contributed by atoms with Crippen LogP contribution < -0.4 is 15.4 Å². The predicted octanol–water partition coefficient (Wildman–Crippen LogP) is 5.56. The third-order valence-electron chi connectivity index (χ3n) is 5.32. The Bertz CT molecular complexity index is 1390. The van der Waals surface area contributed by atoms with Gasteiger partial charge in [0.15, 0.2) is 5.11 Å². The molecule has 1 amide bonds. The Labute approximate surface area is 237 Å². The molecule has 0 aromatic heterocycles. The molecule has 0 aliphatic carbocycles. The summed E-state index contributed by atoms with van der Waals surface area (Å²) in [7, 11) is -3.72. The number of amides is 1. The number of carbonyl (C=O) groups is 1. The first-order valence-electron chi connectivity index (χ1n) is 11.6. The molecule has 7 nitrogen and oxygen atoms in total. The first kappa shape index (κ1) is 29.2. The Hall–Kier alpha value is -3.31. The molecule has 0 unspecified atom stereocenters. The third-order valence-corrected chi connectivity index (χ3v) is 7.86. The van der Waals surface area contributed by atoms with Gasteiger partial charge in [-0.15, -0.1) is 13.2 Å². The van der Waals surface area contributed by atoms with Crippen molar-refractivity contribution in [3.8, 4) is 5.75 Å². The van der Waals surface area contributed by atoms with Crippen molar-refractivity contribution in [2.24, 2.45) is 0 Å². The first-order chi connectivity index (χ1) is 18.2. The first-order valence-corrected chi connectivity index (χ1v) is 14.3. The standard InChI is InChI=1S/C28H28BrN3O4S2/c1-3-17-32(18-4-2)38(34,35)24-13-11-23(12-14-24)30-28(37)31-27(33)25-20-22(29)10-15-26(25)36-19-16-21-8-6-5-7-9-21/h3-15,20H,1-2,16-19H2,(H2,30,31,33,37). The zero-order valence-corrected chi connectivity index (χ0v) is 23.8. The number of anilines is 1. The van der Waals surface area contributed by atoms with E-state index in [2.05, 4.69) is 39.7 Å². The van der Waals surface area contributed by atoms with Crippen molar-refractivity contribution in [2.45, 2.75) is 11.3 Å². The van der Waals surface area contributed by atoms with Gasteiger partial charge in [0.05, 0.1) is 17.1 Å². The molecule has 3 aromatic rings. The molecular weight excluding hydrogens is 586 g/mol. The molecule has 0 aliphatic heterocycles. The minimum Gasteiger partial charge on any atom is -0.492 e. The molecule has 0 atom stereocenters. The normalized spacial score (nSPS) is 11.0. The van der Waals surface area contributed by atoms with Crippen molar-refractivity contribution in [2.75, 3.05) is 25.0 Å². The van der Waals surface area contributed by atoms with Gasteiger partial charge in [0, 0.05) is 29.7 Å². The van der Waals surface area contributed by atoms with Gasteiger partial charge < -0.3 is 10.1 Å². The van der Waals surface area contributed by atoms with Crippen LogP contribution in [0.1, 0.15) is 15.9 Å². The highest BCUT2D eigenvalue weighted by atomic mass is 79.9. The average molecular weight is 615 g/mol. The number of carbonyl (C=O) groups excluding carboxylic acids is 1. The lowest BCUT2D eigenvalue weighted by atomic mass is 10.1. The monoisotopic (exact) mass is 613 g/mol. The summed E-state index contributed by atoms with van der Waals surface area (Å²) in [5.41, 5.74) is 1.97. The second kappa shape index (κ2) is 14.0. The maximum Gasteiger partial charge on any atom is 0.261 e. The van der Waals surface area contributed by atoms with Crippen LogP contribution in [0.15, 0.2) is 107 Å². The molecule has 3 rings (SSSR count). The number of nitrogens with zero attached hydrogens (tertiary/aromatic N) is 1. The van der Waals surface area contributed by atoms with Crippen molar-refractivity contribution in [3.05, 3.63) is 114 Å². The summed E-state index contributed by atoms with van der Waals surface area (Å²) in [6.07, 6.45) is 3.73. The summed E-state index contributed by atoms with van der Waals surface area (Å²) in [5.74, 6) is -0.00945. The van der Waals surface area contributed by atoms with Gasteiger partial charge in [-0.2, -0.15) is 4.31 Å². The quantitative estimate of drug-likeness (QED) is 0.205. The maximum absolute atomic E-state index is 13.0. The molecular formula is C28H28BrN3O4S2. The Kier molecular flexibility index (Phi) is 10.8. The largest absolute Gasteiger partial charge is 0.492 e. The highest BCUT2D eigenvalue weighted by molar-refractivity contribution is 9.10. The fourth-order valence-corrected chi connectivity index (χ4v) is 5.43. The summed E-state index contributed by atoms with van der Waals surface area (Å²) >= 11 is 8.71. The molecule has 0 spiro atoms. The highest BCUT2D eigenvalue weighted by Gasteiger charge is 2.22. The van der Waals surface area contributed by atoms with Gasteiger partial charge in [0.1, 0.15) is 5.75 Å². The fraction of sp³-hybridized carbons (Fsp3) is 0.143. The third kappa shape index (κ3) is 8.09. The van der Waals surface area contributed by atoms with E-state index in [-0.39, 0.29) is 23.1 Å². The van der Waals surface area contributed by atoms with Crippen LogP contribution in [0.2, 0.25) is 0 Å². The van der Waals surface area contributed by atoms with Gasteiger partial charge >= 0.3 is 0 Å². The van der Waals surface area contributed by atoms with Crippen molar-refractivity contribution in [1.29, 1.82) is 0 Å². The highest BCUT2D eigenvalue weighted by Crippen LogP contribution is 2.24. The van der Waals surface area contributed by atoms with E-state index in [0.717, 1.165) is 10.0 Å². The maximum atomic E-state index is 13.0.